The first kappa shape index (κ1) is 11.9. The van der Waals surface area contributed by atoms with Gasteiger partial charge in [-0.05, 0) is 38.5 Å². The zero-order valence-corrected chi connectivity index (χ0v) is 9.74. The maximum absolute atomic E-state index is 11.4. The molecule has 0 spiro atoms. The second-order valence-corrected chi connectivity index (χ2v) is 5.05. The van der Waals surface area contributed by atoms with E-state index in [4.69, 9.17) is 0 Å². The fourth-order valence-electron chi connectivity index (χ4n) is 2.20. The Morgan fingerprint density at radius 2 is 1.69 bits per heavy atom. The highest BCUT2D eigenvalue weighted by atomic mass is 16.3. The molecule has 0 aromatic rings. The minimum atomic E-state index is -0.101. The first-order valence-corrected chi connectivity index (χ1v) is 6.45. The molecule has 4 nitrogen and oxygen atoms in total. The lowest BCUT2D eigenvalue weighted by molar-refractivity contribution is -0.121. The van der Waals surface area contributed by atoms with Crippen LogP contribution in [-0.4, -0.2) is 35.7 Å². The van der Waals surface area contributed by atoms with Gasteiger partial charge in [0.25, 0.3) is 0 Å². The van der Waals surface area contributed by atoms with Gasteiger partial charge in [0.1, 0.15) is 0 Å². The molecule has 4 heteroatoms. The molecular formula is C12H22N2O2. The summed E-state index contributed by atoms with van der Waals surface area (Å²) in [6.07, 6.45) is 6.64. The van der Waals surface area contributed by atoms with Gasteiger partial charge in [0.15, 0.2) is 0 Å². The van der Waals surface area contributed by atoms with Crippen molar-refractivity contribution < 1.29 is 9.90 Å². The summed E-state index contributed by atoms with van der Waals surface area (Å²) in [6.45, 7) is 0.763. The molecule has 0 unspecified atom stereocenters. The molecule has 2 rings (SSSR count). The maximum atomic E-state index is 11.4. The Labute approximate surface area is 96.8 Å². The molecule has 0 bridgehead atoms. The summed E-state index contributed by atoms with van der Waals surface area (Å²) in [5.74, 6) is 0.172. The third-order valence-electron chi connectivity index (χ3n) is 3.42. The minimum Gasteiger partial charge on any atom is -0.393 e. The fraction of sp³-hybridized carbons (Fsp3) is 0.917. The molecule has 2 fully saturated rings. The standard InChI is InChI=1S/C12H22N2O2/c15-11-5-3-9(4-6-11)13-8-7-12(16)14-10-1-2-10/h9-11,13,15H,1-8H2,(H,14,16). The van der Waals surface area contributed by atoms with E-state index in [-0.39, 0.29) is 12.0 Å². The van der Waals surface area contributed by atoms with Crippen molar-refractivity contribution in [3.8, 4) is 0 Å². The van der Waals surface area contributed by atoms with Gasteiger partial charge in [-0.25, -0.2) is 0 Å². The van der Waals surface area contributed by atoms with Gasteiger partial charge >= 0.3 is 0 Å². The molecule has 16 heavy (non-hydrogen) atoms. The van der Waals surface area contributed by atoms with Crippen molar-refractivity contribution in [3.05, 3.63) is 0 Å². The van der Waals surface area contributed by atoms with Crippen molar-refractivity contribution in [2.24, 2.45) is 0 Å². The summed E-state index contributed by atoms with van der Waals surface area (Å²) >= 11 is 0. The molecule has 0 aromatic heterocycles. The Morgan fingerprint density at radius 3 is 2.31 bits per heavy atom. The molecule has 0 radical (unpaired) electrons. The Kier molecular flexibility index (Phi) is 4.18. The lowest BCUT2D eigenvalue weighted by atomic mass is 9.93. The van der Waals surface area contributed by atoms with Crippen LogP contribution in [0.3, 0.4) is 0 Å². The number of aliphatic hydroxyl groups excluding tert-OH is 1. The topological polar surface area (TPSA) is 61.4 Å². The van der Waals surface area contributed by atoms with Gasteiger partial charge in [-0.15, -0.1) is 0 Å². The van der Waals surface area contributed by atoms with Gasteiger partial charge in [-0.3, -0.25) is 4.79 Å². The molecule has 0 aliphatic heterocycles. The normalized spacial score (nSPS) is 30.1. The number of aliphatic hydroxyl groups is 1. The molecule has 2 aliphatic rings. The number of hydrogen-bond acceptors (Lipinski definition) is 3. The monoisotopic (exact) mass is 226 g/mol. The van der Waals surface area contributed by atoms with Crippen LogP contribution in [0.5, 0.6) is 0 Å². The van der Waals surface area contributed by atoms with Crippen LogP contribution in [0.2, 0.25) is 0 Å². The number of nitrogens with one attached hydrogen (secondary N) is 2. The molecule has 0 aromatic carbocycles. The van der Waals surface area contributed by atoms with Crippen molar-refractivity contribution in [1.82, 2.24) is 10.6 Å². The van der Waals surface area contributed by atoms with E-state index in [1.165, 1.54) is 0 Å². The van der Waals surface area contributed by atoms with E-state index >= 15 is 0 Å². The van der Waals surface area contributed by atoms with Gasteiger partial charge in [0.2, 0.25) is 5.91 Å². The number of amides is 1. The van der Waals surface area contributed by atoms with Crippen molar-refractivity contribution in [2.45, 2.75) is 63.1 Å². The van der Waals surface area contributed by atoms with E-state index in [1.807, 2.05) is 0 Å². The van der Waals surface area contributed by atoms with Crippen LogP contribution in [0.1, 0.15) is 44.9 Å². The lowest BCUT2D eigenvalue weighted by Gasteiger charge is -2.26. The summed E-state index contributed by atoms with van der Waals surface area (Å²) in [5.41, 5.74) is 0. The Balaban J connectivity index is 1.51. The molecule has 2 saturated carbocycles. The molecule has 92 valence electrons. The van der Waals surface area contributed by atoms with E-state index in [0.29, 0.717) is 18.5 Å². The van der Waals surface area contributed by atoms with Crippen molar-refractivity contribution in [1.29, 1.82) is 0 Å². The average molecular weight is 226 g/mol. The smallest absolute Gasteiger partial charge is 0.221 e. The second kappa shape index (κ2) is 5.64. The zero-order chi connectivity index (χ0) is 11.4. The predicted molar refractivity (Wildman–Crippen MR) is 62.0 cm³/mol. The Bertz CT molecular complexity index is 233. The molecule has 0 atom stereocenters. The minimum absolute atomic E-state index is 0.101. The summed E-state index contributed by atoms with van der Waals surface area (Å²) in [5, 5.41) is 15.7. The maximum Gasteiger partial charge on any atom is 0.221 e. The Morgan fingerprint density at radius 1 is 1.06 bits per heavy atom. The first-order chi connectivity index (χ1) is 7.74. The van der Waals surface area contributed by atoms with Gasteiger partial charge in [0.05, 0.1) is 6.10 Å². The van der Waals surface area contributed by atoms with Gasteiger partial charge < -0.3 is 15.7 Å². The van der Waals surface area contributed by atoms with Crippen molar-refractivity contribution in [2.75, 3.05) is 6.54 Å². The van der Waals surface area contributed by atoms with Gasteiger partial charge in [-0.1, -0.05) is 0 Å². The van der Waals surface area contributed by atoms with E-state index in [9.17, 15) is 9.90 Å². The number of hydrogen-bond donors (Lipinski definition) is 3. The average Bonchev–Trinajstić information content (AvgIpc) is 3.05. The van der Waals surface area contributed by atoms with Crippen LogP contribution < -0.4 is 10.6 Å². The van der Waals surface area contributed by atoms with Crippen LogP contribution in [-0.2, 0) is 4.79 Å². The second-order valence-electron chi connectivity index (χ2n) is 5.05. The van der Waals surface area contributed by atoms with Crippen LogP contribution in [0.25, 0.3) is 0 Å². The summed E-state index contributed by atoms with van der Waals surface area (Å²) in [7, 11) is 0. The highest BCUT2D eigenvalue weighted by molar-refractivity contribution is 5.76. The van der Waals surface area contributed by atoms with E-state index in [2.05, 4.69) is 10.6 Å². The summed E-state index contributed by atoms with van der Waals surface area (Å²) in [4.78, 5) is 11.4. The van der Waals surface area contributed by atoms with E-state index in [0.717, 1.165) is 45.1 Å². The van der Waals surface area contributed by atoms with Crippen molar-refractivity contribution >= 4 is 5.91 Å². The predicted octanol–water partition coefficient (Wildman–Crippen LogP) is 0.548. The van der Waals surface area contributed by atoms with Gasteiger partial charge in [-0.2, -0.15) is 0 Å². The van der Waals surface area contributed by atoms with Crippen molar-refractivity contribution in [3.63, 3.8) is 0 Å². The third kappa shape index (κ3) is 4.10. The fourth-order valence-corrected chi connectivity index (χ4v) is 2.20. The summed E-state index contributed by atoms with van der Waals surface area (Å²) < 4.78 is 0. The van der Waals surface area contributed by atoms with Gasteiger partial charge in [0, 0.05) is 25.0 Å². The van der Waals surface area contributed by atoms with Crippen LogP contribution >= 0.6 is 0 Å². The Hall–Kier alpha value is -0.610. The highest BCUT2D eigenvalue weighted by Crippen LogP contribution is 2.19. The quantitative estimate of drug-likeness (QED) is 0.641. The molecule has 1 amide bonds. The first-order valence-electron chi connectivity index (χ1n) is 6.45. The molecule has 2 aliphatic carbocycles. The summed E-state index contributed by atoms with van der Waals surface area (Å²) in [6, 6.07) is 0.967. The van der Waals surface area contributed by atoms with Crippen LogP contribution in [0.15, 0.2) is 0 Å². The third-order valence-corrected chi connectivity index (χ3v) is 3.42. The van der Waals surface area contributed by atoms with E-state index in [1.54, 1.807) is 0 Å². The number of rotatable bonds is 5. The lowest BCUT2D eigenvalue weighted by Crippen LogP contribution is -2.37. The zero-order valence-electron chi connectivity index (χ0n) is 9.74. The number of carbonyl (C=O) groups excluding carboxylic acids is 1. The van der Waals surface area contributed by atoms with Crippen LogP contribution in [0.4, 0.5) is 0 Å². The number of carbonyl (C=O) groups is 1. The largest absolute Gasteiger partial charge is 0.393 e. The SMILES string of the molecule is O=C(CCNC1CCC(O)CC1)NC1CC1. The molecule has 0 heterocycles. The van der Waals surface area contributed by atoms with E-state index < -0.39 is 0 Å². The molecule has 3 N–H and O–H groups in total. The molecular weight excluding hydrogens is 204 g/mol. The molecule has 0 saturated heterocycles. The van der Waals surface area contributed by atoms with Crippen LogP contribution in [0, 0.1) is 0 Å². The highest BCUT2D eigenvalue weighted by Gasteiger charge is 2.23.